The van der Waals surface area contributed by atoms with E-state index >= 15 is 0 Å². The highest BCUT2D eigenvalue weighted by atomic mass is 32.2. The fourth-order valence-electron chi connectivity index (χ4n) is 3.93. The second-order valence-electron chi connectivity index (χ2n) is 8.45. The molecule has 1 fully saturated rings. The van der Waals surface area contributed by atoms with Gasteiger partial charge in [-0.3, -0.25) is 10.0 Å². The summed E-state index contributed by atoms with van der Waals surface area (Å²) in [7, 11) is -3.67. The standard InChI is InChI=1S/C22H29FN2O5S2/c1-15(2)11-17(22(26)24-27)14-32(28,29)25-8-5-19(6-9-25)30-21-4-3-18(23)12-20(21)16-7-10-31-13-16/h3-4,7,10,12-13,15,17,19,27H,5-6,8-9,11,14H2,1-2H3,(H,24,26)/t17-/m1/s1. The van der Waals surface area contributed by atoms with Crippen molar-refractivity contribution in [1.29, 1.82) is 0 Å². The predicted octanol–water partition coefficient (Wildman–Crippen LogP) is 3.89. The van der Waals surface area contributed by atoms with Gasteiger partial charge in [0.25, 0.3) is 0 Å². The summed E-state index contributed by atoms with van der Waals surface area (Å²) in [6.07, 6.45) is 1.14. The molecule has 2 N–H and O–H groups in total. The number of benzene rings is 1. The fraction of sp³-hybridized carbons (Fsp3) is 0.500. The number of rotatable bonds is 9. The maximum atomic E-state index is 13.8. The summed E-state index contributed by atoms with van der Waals surface area (Å²) < 4.78 is 47.1. The molecule has 1 aromatic carbocycles. The van der Waals surface area contributed by atoms with Crippen LogP contribution in [0.1, 0.15) is 33.1 Å². The molecule has 0 radical (unpaired) electrons. The number of carbonyl (C=O) groups excluding carboxylic acids is 1. The molecule has 32 heavy (non-hydrogen) atoms. The average molecular weight is 485 g/mol. The van der Waals surface area contributed by atoms with Crippen LogP contribution < -0.4 is 10.2 Å². The number of ether oxygens (including phenoxy) is 1. The molecule has 1 aliphatic rings. The van der Waals surface area contributed by atoms with Crippen molar-refractivity contribution in [1.82, 2.24) is 9.79 Å². The van der Waals surface area contributed by atoms with Gasteiger partial charge in [-0.25, -0.2) is 22.6 Å². The van der Waals surface area contributed by atoms with E-state index < -0.39 is 21.8 Å². The van der Waals surface area contributed by atoms with Crippen molar-refractivity contribution in [3.8, 4) is 16.9 Å². The molecule has 1 aliphatic heterocycles. The van der Waals surface area contributed by atoms with Crippen molar-refractivity contribution in [3.05, 3.63) is 40.8 Å². The first-order valence-electron chi connectivity index (χ1n) is 10.6. The number of nitrogens with one attached hydrogen (secondary N) is 1. The minimum Gasteiger partial charge on any atom is -0.490 e. The molecule has 0 saturated carbocycles. The SMILES string of the molecule is CC(C)C[C@H](CS(=O)(=O)N1CCC(Oc2ccc(F)cc2-c2ccsc2)CC1)C(=O)NO. The number of piperidine rings is 1. The molecule has 0 unspecified atom stereocenters. The molecular weight excluding hydrogens is 455 g/mol. The van der Waals surface area contributed by atoms with Crippen LogP contribution in [0.2, 0.25) is 0 Å². The molecule has 1 amide bonds. The molecular formula is C22H29FN2O5S2. The maximum absolute atomic E-state index is 13.8. The van der Waals surface area contributed by atoms with E-state index in [-0.39, 0.29) is 36.7 Å². The highest BCUT2D eigenvalue weighted by Crippen LogP contribution is 2.34. The Kier molecular flexibility index (Phi) is 8.26. The Morgan fingerprint density at radius 1 is 1.31 bits per heavy atom. The Labute approximate surface area is 192 Å². The van der Waals surface area contributed by atoms with Crippen molar-refractivity contribution in [2.24, 2.45) is 11.8 Å². The van der Waals surface area contributed by atoms with Crippen LogP contribution in [0.15, 0.2) is 35.0 Å². The molecule has 1 aromatic heterocycles. The minimum atomic E-state index is -3.67. The molecule has 1 atom stereocenters. The van der Waals surface area contributed by atoms with Crippen LogP contribution in [0.25, 0.3) is 11.1 Å². The van der Waals surface area contributed by atoms with Gasteiger partial charge in [0, 0.05) is 18.7 Å². The Bertz CT molecular complexity index is 1000. The van der Waals surface area contributed by atoms with Crippen LogP contribution in [0, 0.1) is 17.7 Å². The molecule has 7 nitrogen and oxygen atoms in total. The molecule has 0 aliphatic carbocycles. The van der Waals surface area contributed by atoms with E-state index in [1.54, 1.807) is 11.5 Å². The predicted molar refractivity (Wildman–Crippen MR) is 122 cm³/mol. The summed E-state index contributed by atoms with van der Waals surface area (Å²) in [5.41, 5.74) is 3.13. The van der Waals surface area contributed by atoms with Crippen LogP contribution in [0.4, 0.5) is 4.39 Å². The zero-order chi connectivity index (χ0) is 23.3. The Morgan fingerprint density at radius 2 is 2.03 bits per heavy atom. The van der Waals surface area contributed by atoms with E-state index in [0.29, 0.717) is 30.6 Å². The van der Waals surface area contributed by atoms with Gasteiger partial charge in [-0.15, -0.1) is 0 Å². The van der Waals surface area contributed by atoms with Gasteiger partial charge in [0.05, 0.1) is 11.7 Å². The third-order valence-corrected chi connectivity index (χ3v) is 8.17. The molecule has 0 spiro atoms. The van der Waals surface area contributed by atoms with Gasteiger partial charge in [0.15, 0.2) is 0 Å². The first-order valence-corrected chi connectivity index (χ1v) is 13.2. The van der Waals surface area contributed by atoms with Crippen LogP contribution in [0.5, 0.6) is 5.75 Å². The second kappa shape index (κ2) is 10.7. The van der Waals surface area contributed by atoms with Crippen molar-refractivity contribution in [2.45, 2.75) is 39.2 Å². The quantitative estimate of drug-likeness (QED) is 0.416. The summed E-state index contributed by atoms with van der Waals surface area (Å²) in [6, 6.07) is 6.30. The van der Waals surface area contributed by atoms with Gasteiger partial charge >= 0.3 is 0 Å². The lowest BCUT2D eigenvalue weighted by atomic mass is 9.98. The number of hydrogen-bond donors (Lipinski definition) is 2. The lowest BCUT2D eigenvalue weighted by Crippen LogP contribution is -2.45. The zero-order valence-corrected chi connectivity index (χ0v) is 19.8. The lowest BCUT2D eigenvalue weighted by molar-refractivity contribution is -0.133. The number of hydrogen-bond acceptors (Lipinski definition) is 6. The lowest BCUT2D eigenvalue weighted by Gasteiger charge is -2.32. The van der Waals surface area contributed by atoms with Crippen molar-refractivity contribution in [2.75, 3.05) is 18.8 Å². The first kappa shape index (κ1) is 24.6. The van der Waals surface area contributed by atoms with Crippen LogP contribution >= 0.6 is 11.3 Å². The average Bonchev–Trinajstić information content (AvgIpc) is 3.28. The summed E-state index contributed by atoms with van der Waals surface area (Å²) >= 11 is 1.51. The number of amides is 1. The molecule has 2 aromatic rings. The third kappa shape index (κ3) is 6.28. The topological polar surface area (TPSA) is 95.9 Å². The summed E-state index contributed by atoms with van der Waals surface area (Å²) in [6.45, 7) is 4.34. The van der Waals surface area contributed by atoms with Crippen LogP contribution in [-0.2, 0) is 14.8 Å². The Hall–Kier alpha value is -2.01. The van der Waals surface area contributed by atoms with E-state index in [4.69, 9.17) is 9.94 Å². The van der Waals surface area contributed by atoms with Gasteiger partial charge in [-0.05, 0) is 65.8 Å². The normalized spacial score (nSPS) is 16.8. The van der Waals surface area contributed by atoms with Gasteiger partial charge in [0.2, 0.25) is 15.9 Å². The first-order chi connectivity index (χ1) is 15.2. The molecule has 0 bridgehead atoms. The third-order valence-electron chi connectivity index (χ3n) is 5.51. The second-order valence-corrected chi connectivity index (χ2v) is 11.2. The number of hydroxylamine groups is 1. The van der Waals surface area contributed by atoms with E-state index in [9.17, 15) is 17.6 Å². The van der Waals surface area contributed by atoms with Gasteiger partial charge in [0.1, 0.15) is 17.7 Å². The number of halogens is 1. The smallest absolute Gasteiger partial charge is 0.247 e. The summed E-state index contributed by atoms with van der Waals surface area (Å²) in [4.78, 5) is 11.9. The molecule has 3 rings (SSSR count). The number of thiophene rings is 1. The monoisotopic (exact) mass is 484 g/mol. The Morgan fingerprint density at radius 3 is 2.62 bits per heavy atom. The number of nitrogens with zero attached hydrogens (tertiary/aromatic N) is 1. The molecule has 2 heterocycles. The number of sulfonamides is 1. The summed E-state index contributed by atoms with van der Waals surface area (Å²) in [5.74, 6) is -1.50. The van der Waals surface area contributed by atoms with Gasteiger partial charge in [-0.1, -0.05) is 13.8 Å². The molecule has 176 valence electrons. The van der Waals surface area contributed by atoms with E-state index in [1.165, 1.54) is 27.8 Å². The molecule has 1 saturated heterocycles. The highest BCUT2D eigenvalue weighted by Gasteiger charge is 2.33. The van der Waals surface area contributed by atoms with Crippen LogP contribution in [0.3, 0.4) is 0 Å². The van der Waals surface area contributed by atoms with E-state index in [1.807, 2.05) is 30.7 Å². The number of carbonyl (C=O) groups is 1. The zero-order valence-electron chi connectivity index (χ0n) is 18.2. The minimum absolute atomic E-state index is 0.111. The van der Waals surface area contributed by atoms with Gasteiger partial charge in [-0.2, -0.15) is 11.3 Å². The Balaban J connectivity index is 1.63. The highest BCUT2D eigenvalue weighted by molar-refractivity contribution is 7.89. The van der Waals surface area contributed by atoms with Crippen molar-refractivity contribution < 1.29 is 27.5 Å². The van der Waals surface area contributed by atoms with Gasteiger partial charge < -0.3 is 4.74 Å². The molecule has 10 heteroatoms. The van der Waals surface area contributed by atoms with Crippen molar-refractivity contribution in [3.63, 3.8) is 0 Å². The fourth-order valence-corrected chi connectivity index (χ4v) is 6.36. The summed E-state index contributed by atoms with van der Waals surface area (Å²) in [5, 5.41) is 12.8. The van der Waals surface area contributed by atoms with Crippen LogP contribution in [-0.4, -0.2) is 48.8 Å². The van der Waals surface area contributed by atoms with E-state index in [2.05, 4.69) is 0 Å². The van der Waals surface area contributed by atoms with Crippen molar-refractivity contribution >= 4 is 27.3 Å². The largest absolute Gasteiger partial charge is 0.490 e. The van der Waals surface area contributed by atoms with E-state index in [0.717, 1.165) is 5.56 Å². The maximum Gasteiger partial charge on any atom is 0.247 e.